The van der Waals surface area contributed by atoms with Gasteiger partial charge < -0.3 is 9.47 Å². The molecule has 0 unspecified atom stereocenters. The van der Waals surface area contributed by atoms with Crippen molar-refractivity contribution < 1.29 is 14.4 Å². The third kappa shape index (κ3) is 4.44. The monoisotopic (exact) mass is 271 g/mol. The summed E-state index contributed by atoms with van der Waals surface area (Å²) in [6.45, 7) is 0.519. The second-order valence-electron chi connectivity index (χ2n) is 3.73. The minimum atomic E-state index is -0.451. The van der Waals surface area contributed by atoms with Crippen LogP contribution in [0.2, 0.25) is 0 Å². The highest BCUT2D eigenvalue weighted by molar-refractivity contribution is 7.80. The number of unbranched alkanes of at least 4 members (excludes halogenated alkanes) is 2. The number of hydrogen-bond donors (Lipinski definition) is 1. The molecule has 6 heteroatoms. The average Bonchev–Trinajstić information content (AvgIpc) is 2.38. The highest BCUT2D eigenvalue weighted by Gasteiger charge is 2.12. The van der Waals surface area contributed by atoms with Crippen LogP contribution in [-0.2, 0) is 0 Å². The second-order valence-corrected chi connectivity index (χ2v) is 4.17. The van der Waals surface area contributed by atoms with Gasteiger partial charge in [-0.25, -0.2) is 0 Å². The van der Waals surface area contributed by atoms with E-state index in [1.54, 1.807) is 6.07 Å². The molecular weight excluding hydrogens is 254 g/mol. The summed E-state index contributed by atoms with van der Waals surface area (Å²) in [7, 11) is 1.51. The van der Waals surface area contributed by atoms with Gasteiger partial charge in [0.25, 0.3) is 5.69 Å². The fraction of sp³-hybridized carbons (Fsp3) is 0.500. The van der Waals surface area contributed by atoms with Crippen molar-refractivity contribution in [3.63, 3.8) is 0 Å². The average molecular weight is 271 g/mol. The van der Waals surface area contributed by atoms with E-state index in [2.05, 4.69) is 12.6 Å². The smallest absolute Gasteiger partial charge is 0.273 e. The summed E-state index contributed by atoms with van der Waals surface area (Å²) in [6.07, 6.45) is 2.96. The van der Waals surface area contributed by atoms with Crippen molar-refractivity contribution in [2.45, 2.75) is 19.3 Å². The number of non-ortho nitro benzene ring substituents is 1. The molecule has 0 fully saturated rings. The van der Waals surface area contributed by atoms with Gasteiger partial charge in [-0.15, -0.1) is 0 Å². The lowest BCUT2D eigenvalue weighted by molar-refractivity contribution is -0.385. The molecule has 1 aromatic rings. The zero-order valence-corrected chi connectivity index (χ0v) is 11.2. The number of thiol groups is 1. The molecule has 0 saturated carbocycles. The molecule has 18 heavy (non-hydrogen) atoms. The number of hydrogen-bond acceptors (Lipinski definition) is 5. The molecular formula is C12H17NO4S. The number of benzene rings is 1. The van der Waals surface area contributed by atoms with Crippen LogP contribution in [-0.4, -0.2) is 24.4 Å². The van der Waals surface area contributed by atoms with E-state index >= 15 is 0 Å². The third-order valence-corrected chi connectivity index (χ3v) is 2.73. The molecule has 1 aromatic carbocycles. The summed E-state index contributed by atoms with van der Waals surface area (Å²) in [5, 5.41) is 10.7. The van der Waals surface area contributed by atoms with Gasteiger partial charge in [0.1, 0.15) is 0 Å². The molecule has 0 heterocycles. The predicted molar refractivity (Wildman–Crippen MR) is 72.8 cm³/mol. The fourth-order valence-corrected chi connectivity index (χ4v) is 1.69. The number of nitrogens with zero attached hydrogens (tertiary/aromatic N) is 1. The molecule has 0 N–H and O–H groups in total. The predicted octanol–water partition coefficient (Wildman–Crippen LogP) is 3.08. The van der Waals surface area contributed by atoms with Crippen molar-refractivity contribution in [1.82, 2.24) is 0 Å². The van der Waals surface area contributed by atoms with Crippen LogP contribution < -0.4 is 9.47 Å². The van der Waals surface area contributed by atoms with E-state index in [0.717, 1.165) is 25.0 Å². The zero-order chi connectivity index (χ0) is 13.4. The number of methoxy groups -OCH3 is 1. The third-order valence-electron chi connectivity index (χ3n) is 2.42. The van der Waals surface area contributed by atoms with Gasteiger partial charge in [-0.05, 0) is 31.1 Å². The molecule has 0 aliphatic rings. The molecule has 100 valence electrons. The van der Waals surface area contributed by atoms with Crippen LogP contribution in [0.5, 0.6) is 11.5 Å². The van der Waals surface area contributed by atoms with Crippen molar-refractivity contribution in [3.05, 3.63) is 28.3 Å². The number of ether oxygens (including phenoxy) is 2. The maximum Gasteiger partial charge on any atom is 0.273 e. The second kappa shape index (κ2) is 7.81. The van der Waals surface area contributed by atoms with E-state index < -0.39 is 4.92 Å². The van der Waals surface area contributed by atoms with E-state index in [1.807, 2.05) is 0 Å². The standard InChI is InChI=1S/C12H17NO4S/c1-16-11-6-5-10(13(14)15)9-12(11)17-7-3-2-4-8-18/h5-6,9,18H,2-4,7-8H2,1H3. The van der Waals surface area contributed by atoms with Gasteiger partial charge in [0, 0.05) is 6.07 Å². The minimum absolute atomic E-state index is 0.00107. The van der Waals surface area contributed by atoms with Crippen LogP contribution in [0.1, 0.15) is 19.3 Å². The summed E-state index contributed by atoms with van der Waals surface area (Å²) < 4.78 is 10.6. The van der Waals surface area contributed by atoms with Crippen molar-refractivity contribution in [1.29, 1.82) is 0 Å². The largest absolute Gasteiger partial charge is 0.493 e. The summed E-state index contributed by atoms with van der Waals surface area (Å²) in [5.74, 6) is 1.78. The van der Waals surface area contributed by atoms with Crippen LogP contribution >= 0.6 is 12.6 Å². The van der Waals surface area contributed by atoms with E-state index in [0.29, 0.717) is 18.1 Å². The Morgan fingerprint density at radius 2 is 2.06 bits per heavy atom. The summed E-state index contributed by atoms with van der Waals surface area (Å²) >= 11 is 4.12. The number of rotatable bonds is 8. The van der Waals surface area contributed by atoms with Crippen LogP contribution in [0, 0.1) is 10.1 Å². The summed E-state index contributed by atoms with van der Waals surface area (Å²) in [6, 6.07) is 4.32. The van der Waals surface area contributed by atoms with Gasteiger partial charge in [0.2, 0.25) is 0 Å². The van der Waals surface area contributed by atoms with Gasteiger partial charge in [-0.2, -0.15) is 12.6 Å². The normalized spacial score (nSPS) is 10.1. The topological polar surface area (TPSA) is 61.6 Å². The van der Waals surface area contributed by atoms with E-state index in [9.17, 15) is 10.1 Å². The SMILES string of the molecule is COc1ccc([N+](=O)[O-])cc1OCCCCCS. The van der Waals surface area contributed by atoms with Gasteiger partial charge >= 0.3 is 0 Å². The summed E-state index contributed by atoms with van der Waals surface area (Å²) in [4.78, 5) is 10.2. The Kier molecular flexibility index (Phi) is 6.35. The molecule has 0 amide bonds. The van der Waals surface area contributed by atoms with Crippen LogP contribution in [0.15, 0.2) is 18.2 Å². The molecule has 5 nitrogen and oxygen atoms in total. The molecule has 0 saturated heterocycles. The van der Waals surface area contributed by atoms with Crippen LogP contribution in [0.4, 0.5) is 5.69 Å². The van der Waals surface area contributed by atoms with Crippen molar-refractivity contribution in [2.24, 2.45) is 0 Å². The molecule has 0 aromatic heterocycles. The Labute approximate surface area is 112 Å². The Balaban J connectivity index is 2.61. The molecule has 1 rings (SSSR count). The summed E-state index contributed by atoms with van der Waals surface area (Å²) in [5.41, 5.74) is 0.00107. The fourth-order valence-electron chi connectivity index (χ4n) is 1.46. The number of nitro groups is 1. The lowest BCUT2D eigenvalue weighted by Gasteiger charge is -2.10. The van der Waals surface area contributed by atoms with Crippen molar-refractivity contribution >= 4 is 18.3 Å². The first-order valence-corrected chi connectivity index (χ1v) is 6.38. The number of nitro benzene ring substituents is 1. The molecule has 0 bridgehead atoms. The molecule has 0 radical (unpaired) electrons. The van der Waals surface area contributed by atoms with Gasteiger partial charge in [-0.3, -0.25) is 10.1 Å². The first kappa shape index (κ1) is 14.6. The van der Waals surface area contributed by atoms with Gasteiger partial charge in [0.05, 0.1) is 24.7 Å². The van der Waals surface area contributed by atoms with Gasteiger partial charge in [-0.1, -0.05) is 0 Å². The zero-order valence-electron chi connectivity index (χ0n) is 10.3. The van der Waals surface area contributed by atoms with Crippen molar-refractivity contribution in [3.8, 4) is 11.5 Å². The molecule has 0 atom stereocenters. The Morgan fingerprint density at radius 1 is 1.28 bits per heavy atom. The highest BCUT2D eigenvalue weighted by atomic mass is 32.1. The first-order chi connectivity index (χ1) is 8.69. The lowest BCUT2D eigenvalue weighted by Crippen LogP contribution is -2.00. The van der Waals surface area contributed by atoms with E-state index in [1.165, 1.54) is 19.2 Å². The van der Waals surface area contributed by atoms with E-state index in [-0.39, 0.29) is 5.69 Å². The molecule has 0 spiro atoms. The maximum atomic E-state index is 10.7. The Hall–Kier alpha value is -1.43. The van der Waals surface area contributed by atoms with Crippen molar-refractivity contribution in [2.75, 3.05) is 19.5 Å². The lowest BCUT2D eigenvalue weighted by atomic mass is 10.2. The van der Waals surface area contributed by atoms with Crippen LogP contribution in [0.25, 0.3) is 0 Å². The Morgan fingerprint density at radius 3 is 2.67 bits per heavy atom. The van der Waals surface area contributed by atoms with E-state index in [4.69, 9.17) is 9.47 Å². The van der Waals surface area contributed by atoms with Gasteiger partial charge in [0.15, 0.2) is 11.5 Å². The minimum Gasteiger partial charge on any atom is -0.493 e. The molecule has 0 aliphatic carbocycles. The Bertz CT molecular complexity index is 398. The highest BCUT2D eigenvalue weighted by Crippen LogP contribution is 2.31. The molecule has 0 aliphatic heterocycles. The van der Waals surface area contributed by atoms with Crippen LogP contribution in [0.3, 0.4) is 0 Å². The first-order valence-electron chi connectivity index (χ1n) is 5.75. The quantitative estimate of drug-likeness (QED) is 0.341. The maximum absolute atomic E-state index is 10.7.